The molecular weight excluding hydrogens is 250 g/mol. The Morgan fingerprint density at radius 2 is 2.05 bits per heavy atom. The molecule has 20 heavy (non-hydrogen) atoms. The van der Waals surface area contributed by atoms with Crippen LogP contribution < -0.4 is 10.5 Å². The molecule has 3 rings (SSSR count). The zero-order valence-electron chi connectivity index (χ0n) is 12.1. The van der Waals surface area contributed by atoms with Gasteiger partial charge >= 0.3 is 0 Å². The molecule has 0 radical (unpaired) electrons. The molecule has 0 heterocycles. The Bertz CT molecular complexity index is 454. The molecule has 2 unspecified atom stereocenters. The lowest BCUT2D eigenvalue weighted by atomic mass is 10.0. The molecule has 2 atom stereocenters. The van der Waals surface area contributed by atoms with Crippen LogP contribution in [0.2, 0.25) is 0 Å². The summed E-state index contributed by atoms with van der Waals surface area (Å²) in [7, 11) is 0. The van der Waals surface area contributed by atoms with Crippen LogP contribution in [0.3, 0.4) is 0 Å². The van der Waals surface area contributed by atoms with E-state index in [1.165, 1.54) is 36.8 Å². The number of benzene rings is 1. The second-order valence-electron chi connectivity index (χ2n) is 6.32. The average molecular weight is 275 g/mol. The van der Waals surface area contributed by atoms with E-state index in [2.05, 4.69) is 6.07 Å². The van der Waals surface area contributed by atoms with Crippen LogP contribution in [0.4, 0.5) is 0 Å². The van der Waals surface area contributed by atoms with Gasteiger partial charge in [0.1, 0.15) is 12.4 Å². The number of aliphatic hydroxyl groups is 1. The smallest absolute Gasteiger partial charge is 0.122 e. The van der Waals surface area contributed by atoms with Crippen LogP contribution in [-0.4, -0.2) is 17.8 Å². The maximum absolute atomic E-state index is 10.1. The molecule has 3 nitrogen and oxygen atoms in total. The van der Waals surface area contributed by atoms with Gasteiger partial charge in [-0.2, -0.15) is 0 Å². The first-order chi connectivity index (χ1) is 9.74. The van der Waals surface area contributed by atoms with E-state index in [4.69, 9.17) is 10.5 Å². The average Bonchev–Trinajstić information content (AvgIpc) is 3.07. The molecule has 0 spiro atoms. The topological polar surface area (TPSA) is 55.5 Å². The molecular formula is C17H25NO2. The summed E-state index contributed by atoms with van der Waals surface area (Å²) < 4.78 is 5.86. The third kappa shape index (κ3) is 2.99. The molecule has 2 aliphatic carbocycles. The highest BCUT2D eigenvalue weighted by atomic mass is 16.5. The minimum absolute atomic E-state index is 0.150. The largest absolute Gasteiger partial charge is 0.491 e. The van der Waals surface area contributed by atoms with Crippen molar-refractivity contribution in [3.8, 4) is 5.75 Å². The Morgan fingerprint density at radius 1 is 1.25 bits per heavy atom. The van der Waals surface area contributed by atoms with E-state index in [9.17, 15) is 5.11 Å². The second-order valence-corrected chi connectivity index (χ2v) is 6.32. The van der Waals surface area contributed by atoms with Gasteiger partial charge < -0.3 is 15.6 Å². The van der Waals surface area contributed by atoms with Crippen molar-refractivity contribution in [2.75, 3.05) is 6.61 Å². The van der Waals surface area contributed by atoms with Gasteiger partial charge in [-0.25, -0.2) is 0 Å². The normalized spacial score (nSPS) is 23.8. The first-order valence-electron chi connectivity index (χ1n) is 7.92. The van der Waals surface area contributed by atoms with E-state index in [1.54, 1.807) is 0 Å². The van der Waals surface area contributed by atoms with Gasteiger partial charge in [-0.3, -0.25) is 0 Å². The Hall–Kier alpha value is -1.06. The number of ether oxygens (including phenoxy) is 1. The van der Waals surface area contributed by atoms with Crippen LogP contribution in [0.1, 0.15) is 55.7 Å². The van der Waals surface area contributed by atoms with Crippen LogP contribution in [0, 0.1) is 5.92 Å². The Morgan fingerprint density at radius 3 is 2.85 bits per heavy atom. The summed E-state index contributed by atoms with van der Waals surface area (Å²) in [5.74, 6) is 1.62. The highest BCUT2D eigenvalue weighted by molar-refractivity contribution is 5.44. The number of hydrogen-bond acceptors (Lipinski definition) is 3. The molecule has 3 heteroatoms. The Balaban J connectivity index is 1.56. The van der Waals surface area contributed by atoms with Crippen molar-refractivity contribution in [3.63, 3.8) is 0 Å². The van der Waals surface area contributed by atoms with Crippen molar-refractivity contribution in [3.05, 3.63) is 29.3 Å². The van der Waals surface area contributed by atoms with Crippen LogP contribution >= 0.6 is 0 Å². The number of aliphatic hydroxyl groups excluding tert-OH is 1. The summed E-state index contributed by atoms with van der Waals surface area (Å²) in [4.78, 5) is 0. The third-order valence-electron chi connectivity index (χ3n) is 4.79. The highest BCUT2D eigenvalue weighted by Crippen LogP contribution is 2.35. The Kier molecular flexibility index (Phi) is 4.27. The van der Waals surface area contributed by atoms with Gasteiger partial charge in [0.25, 0.3) is 0 Å². The van der Waals surface area contributed by atoms with E-state index in [-0.39, 0.29) is 12.1 Å². The summed E-state index contributed by atoms with van der Waals surface area (Å²) in [6.07, 6.45) is 7.72. The molecule has 1 aromatic rings. The van der Waals surface area contributed by atoms with Gasteiger partial charge in [-0.05, 0) is 42.4 Å². The summed E-state index contributed by atoms with van der Waals surface area (Å²) >= 11 is 0. The van der Waals surface area contributed by atoms with Crippen molar-refractivity contribution < 1.29 is 9.84 Å². The molecule has 0 aliphatic heterocycles. The zero-order chi connectivity index (χ0) is 13.9. The fourth-order valence-electron chi connectivity index (χ4n) is 3.67. The third-order valence-corrected chi connectivity index (χ3v) is 4.79. The van der Waals surface area contributed by atoms with E-state index in [0.717, 1.165) is 25.0 Å². The second kappa shape index (κ2) is 6.15. The first kappa shape index (κ1) is 13.9. The van der Waals surface area contributed by atoms with Crippen molar-refractivity contribution in [1.29, 1.82) is 0 Å². The van der Waals surface area contributed by atoms with Gasteiger partial charge in [0, 0.05) is 6.04 Å². The predicted molar refractivity (Wildman–Crippen MR) is 79.8 cm³/mol. The standard InChI is InChI=1S/C17H25NO2/c18-16-9-8-15-14(16)6-3-7-17(15)20-11-13(19)10-12-4-1-2-5-12/h3,6-7,12-13,16,19H,1-2,4-5,8-11,18H2. The lowest BCUT2D eigenvalue weighted by Crippen LogP contribution is -2.20. The van der Waals surface area contributed by atoms with Gasteiger partial charge in [0.15, 0.2) is 0 Å². The van der Waals surface area contributed by atoms with E-state index in [1.807, 2.05) is 12.1 Å². The fourth-order valence-corrected chi connectivity index (χ4v) is 3.67. The molecule has 0 saturated heterocycles. The van der Waals surface area contributed by atoms with E-state index < -0.39 is 0 Å². The molecule has 1 saturated carbocycles. The minimum Gasteiger partial charge on any atom is -0.491 e. The summed E-state index contributed by atoms with van der Waals surface area (Å²) in [6.45, 7) is 0.405. The lowest BCUT2D eigenvalue weighted by molar-refractivity contribution is 0.0851. The SMILES string of the molecule is NC1CCc2c(OCC(O)CC3CCCC3)cccc21. The number of hydrogen-bond donors (Lipinski definition) is 2. The molecule has 0 bridgehead atoms. The fraction of sp³-hybridized carbons (Fsp3) is 0.647. The van der Waals surface area contributed by atoms with Crippen molar-refractivity contribution in [1.82, 2.24) is 0 Å². The predicted octanol–water partition coefficient (Wildman–Crippen LogP) is 2.95. The maximum atomic E-state index is 10.1. The summed E-state index contributed by atoms with van der Waals surface area (Å²) in [5, 5.41) is 10.1. The molecule has 110 valence electrons. The van der Waals surface area contributed by atoms with Crippen molar-refractivity contribution in [2.24, 2.45) is 11.7 Å². The van der Waals surface area contributed by atoms with Crippen molar-refractivity contribution in [2.45, 2.75) is 57.1 Å². The van der Waals surface area contributed by atoms with Gasteiger partial charge in [0.05, 0.1) is 6.10 Å². The van der Waals surface area contributed by atoms with Gasteiger partial charge in [-0.15, -0.1) is 0 Å². The minimum atomic E-state index is -0.343. The van der Waals surface area contributed by atoms with Gasteiger partial charge in [0.2, 0.25) is 0 Å². The highest BCUT2D eigenvalue weighted by Gasteiger charge is 2.23. The van der Waals surface area contributed by atoms with Crippen molar-refractivity contribution >= 4 is 0 Å². The van der Waals surface area contributed by atoms with Crippen LogP contribution in [0.5, 0.6) is 5.75 Å². The molecule has 0 amide bonds. The molecule has 0 aromatic heterocycles. The molecule has 1 fully saturated rings. The van der Waals surface area contributed by atoms with E-state index >= 15 is 0 Å². The molecule has 2 aliphatic rings. The number of fused-ring (bicyclic) bond motifs is 1. The Labute approximate surface area is 121 Å². The van der Waals surface area contributed by atoms with E-state index in [0.29, 0.717) is 12.5 Å². The van der Waals surface area contributed by atoms with Crippen LogP contribution in [0.25, 0.3) is 0 Å². The van der Waals surface area contributed by atoms with Crippen LogP contribution in [-0.2, 0) is 6.42 Å². The lowest BCUT2D eigenvalue weighted by Gasteiger charge is -2.17. The molecule has 1 aromatic carbocycles. The monoisotopic (exact) mass is 275 g/mol. The quantitative estimate of drug-likeness (QED) is 0.868. The van der Waals surface area contributed by atoms with Crippen LogP contribution in [0.15, 0.2) is 18.2 Å². The first-order valence-corrected chi connectivity index (χ1v) is 7.92. The van der Waals surface area contributed by atoms with Gasteiger partial charge in [-0.1, -0.05) is 37.8 Å². The molecule has 3 N–H and O–H groups in total. The summed E-state index contributed by atoms with van der Waals surface area (Å²) in [5.41, 5.74) is 8.53. The maximum Gasteiger partial charge on any atom is 0.122 e. The zero-order valence-corrected chi connectivity index (χ0v) is 12.1. The summed E-state index contributed by atoms with van der Waals surface area (Å²) in [6, 6.07) is 6.24. The number of rotatable bonds is 5. The number of nitrogens with two attached hydrogens (primary N) is 1.